The lowest BCUT2D eigenvalue weighted by Gasteiger charge is -2.26. The highest BCUT2D eigenvalue weighted by Crippen LogP contribution is 2.11. The molecule has 1 aromatic carbocycles. The number of halogens is 1. The van der Waals surface area contributed by atoms with Crippen LogP contribution in [0.1, 0.15) is 5.56 Å². The molecule has 1 fully saturated rings. The minimum Gasteiger partial charge on any atom is -0.379 e. The predicted molar refractivity (Wildman–Crippen MR) is 84.7 cm³/mol. The van der Waals surface area contributed by atoms with E-state index in [-0.39, 0.29) is 0 Å². The first-order valence-electron chi connectivity index (χ1n) is 6.79. The highest BCUT2D eigenvalue weighted by atomic mass is 35.5. The number of hydrogen-bond acceptors (Lipinski definition) is 4. The van der Waals surface area contributed by atoms with Crippen molar-refractivity contribution in [2.75, 3.05) is 39.4 Å². The van der Waals surface area contributed by atoms with E-state index in [0.29, 0.717) is 31.3 Å². The molecule has 0 amide bonds. The van der Waals surface area contributed by atoms with Crippen LogP contribution in [-0.2, 0) is 14.8 Å². The molecule has 1 aromatic rings. The third-order valence-corrected chi connectivity index (χ3v) is 4.50. The van der Waals surface area contributed by atoms with Crippen molar-refractivity contribution in [2.45, 2.75) is 0 Å². The van der Waals surface area contributed by atoms with Crippen molar-refractivity contribution >= 4 is 27.7 Å². The number of sulfonamides is 1. The Morgan fingerprint density at radius 2 is 1.90 bits per heavy atom. The molecule has 1 N–H and O–H groups in total. The zero-order valence-electron chi connectivity index (χ0n) is 11.7. The fourth-order valence-corrected chi connectivity index (χ4v) is 2.90. The third kappa shape index (κ3) is 6.15. The number of nitrogens with one attached hydrogen (secondary N) is 1. The van der Waals surface area contributed by atoms with Crippen molar-refractivity contribution in [1.82, 2.24) is 9.62 Å². The quantitative estimate of drug-likeness (QED) is 0.860. The molecule has 7 heteroatoms. The number of hydrogen-bond donors (Lipinski definition) is 1. The molecular formula is C14H19ClN2O3S. The molecule has 0 bridgehead atoms. The molecule has 0 unspecified atom stereocenters. The van der Waals surface area contributed by atoms with Crippen molar-refractivity contribution in [3.8, 4) is 0 Å². The molecular weight excluding hydrogens is 312 g/mol. The summed E-state index contributed by atoms with van der Waals surface area (Å²) >= 11 is 5.78. The van der Waals surface area contributed by atoms with Crippen LogP contribution in [0.2, 0.25) is 5.02 Å². The van der Waals surface area contributed by atoms with E-state index in [9.17, 15) is 8.42 Å². The molecule has 116 valence electrons. The molecule has 1 aliphatic heterocycles. The largest absolute Gasteiger partial charge is 0.379 e. The number of nitrogens with zero attached hydrogens (tertiary/aromatic N) is 1. The Labute approximate surface area is 130 Å². The van der Waals surface area contributed by atoms with Gasteiger partial charge in [0.25, 0.3) is 0 Å². The van der Waals surface area contributed by atoms with Crippen molar-refractivity contribution < 1.29 is 13.2 Å². The Balaban J connectivity index is 1.79. The smallest absolute Gasteiger partial charge is 0.233 e. The topological polar surface area (TPSA) is 58.6 Å². The lowest BCUT2D eigenvalue weighted by molar-refractivity contribution is 0.0390. The van der Waals surface area contributed by atoms with Gasteiger partial charge in [0.2, 0.25) is 10.0 Å². The summed E-state index contributed by atoms with van der Waals surface area (Å²) in [6.07, 6.45) is 1.55. The van der Waals surface area contributed by atoms with E-state index in [1.165, 1.54) is 5.41 Å². The lowest BCUT2D eigenvalue weighted by atomic mass is 10.2. The van der Waals surface area contributed by atoms with Crippen LogP contribution in [0.15, 0.2) is 29.7 Å². The van der Waals surface area contributed by atoms with Crippen LogP contribution in [0.5, 0.6) is 0 Å². The van der Waals surface area contributed by atoms with Gasteiger partial charge in [0.05, 0.1) is 13.2 Å². The van der Waals surface area contributed by atoms with Crippen LogP contribution in [-0.4, -0.2) is 52.7 Å². The van der Waals surface area contributed by atoms with Gasteiger partial charge in [0.15, 0.2) is 0 Å². The van der Waals surface area contributed by atoms with Crippen LogP contribution >= 0.6 is 11.6 Å². The highest BCUT2D eigenvalue weighted by Gasteiger charge is 2.11. The van der Waals surface area contributed by atoms with E-state index in [1.807, 2.05) is 0 Å². The van der Waals surface area contributed by atoms with Gasteiger partial charge in [0.1, 0.15) is 0 Å². The molecule has 0 aromatic heterocycles. The average molecular weight is 331 g/mol. The minimum atomic E-state index is -3.41. The molecule has 1 heterocycles. The first kappa shape index (κ1) is 16.5. The molecule has 21 heavy (non-hydrogen) atoms. The number of benzene rings is 1. The Kier molecular flexibility index (Phi) is 6.20. The highest BCUT2D eigenvalue weighted by molar-refractivity contribution is 7.92. The SMILES string of the molecule is O=S(=O)(/C=C\c1ccc(Cl)cc1)NCCN1CCOCC1. The maximum atomic E-state index is 11.8. The average Bonchev–Trinajstić information content (AvgIpc) is 2.48. The Hall–Kier alpha value is -0.920. The molecule has 0 spiro atoms. The van der Waals surface area contributed by atoms with Crippen LogP contribution in [0.25, 0.3) is 6.08 Å². The molecule has 0 radical (unpaired) electrons. The second-order valence-electron chi connectivity index (χ2n) is 4.75. The third-order valence-electron chi connectivity index (χ3n) is 3.14. The summed E-state index contributed by atoms with van der Waals surface area (Å²) in [6, 6.07) is 6.98. The van der Waals surface area contributed by atoms with Crippen molar-refractivity contribution in [2.24, 2.45) is 0 Å². The Morgan fingerprint density at radius 1 is 1.24 bits per heavy atom. The van der Waals surface area contributed by atoms with Gasteiger partial charge in [-0.1, -0.05) is 23.7 Å². The number of ether oxygens (including phenoxy) is 1. The number of rotatable bonds is 6. The fourth-order valence-electron chi connectivity index (χ4n) is 1.96. The lowest BCUT2D eigenvalue weighted by Crippen LogP contribution is -2.41. The van der Waals surface area contributed by atoms with Gasteiger partial charge in [-0.15, -0.1) is 0 Å². The summed E-state index contributed by atoms with van der Waals surface area (Å²) in [5.41, 5.74) is 0.790. The summed E-state index contributed by atoms with van der Waals surface area (Å²) in [5.74, 6) is 0. The second kappa shape index (κ2) is 7.91. The normalized spacial score (nSPS) is 17.4. The monoisotopic (exact) mass is 330 g/mol. The summed E-state index contributed by atoms with van der Waals surface area (Å²) in [4.78, 5) is 2.18. The van der Waals surface area contributed by atoms with Gasteiger partial charge < -0.3 is 4.74 Å². The molecule has 1 saturated heterocycles. The molecule has 1 aliphatic rings. The number of morpholine rings is 1. The van der Waals surface area contributed by atoms with Crippen molar-refractivity contribution in [3.05, 3.63) is 40.3 Å². The predicted octanol–water partition coefficient (Wildman–Crippen LogP) is 1.56. The first-order valence-corrected chi connectivity index (χ1v) is 8.71. The zero-order valence-corrected chi connectivity index (χ0v) is 13.2. The van der Waals surface area contributed by atoms with E-state index in [4.69, 9.17) is 16.3 Å². The maximum absolute atomic E-state index is 11.8. The van der Waals surface area contributed by atoms with Crippen LogP contribution in [0, 0.1) is 0 Å². The minimum absolute atomic E-state index is 0.396. The van der Waals surface area contributed by atoms with Crippen molar-refractivity contribution in [3.63, 3.8) is 0 Å². The van der Waals surface area contributed by atoms with Crippen LogP contribution < -0.4 is 4.72 Å². The van der Waals surface area contributed by atoms with Crippen LogP contribution in [0.3, 0.4) is 0 Å². The summed E-state index contributed by atoms with van der Waals surface area (Å²) in [5, 5.41) is 1.80. The summed E-state index contributed by atoms with van der Waals surface area (Å²) in [7, 11) is -3.41. The van der Waals surface area contributed by atoms with E-state index in [1.54, 1.807) is 30.3 Å². The van der Waals surface area contributed by atoms with E-state index < -0.39 is 10.0 Å². The van der Waals surface area contributed by atoms with E-state index in [2.05, 4.69) is 9.62 Å². The standard InChI is InChI=1S/C14H19ClN2O3S/c15-14-3-1-13(2-4-14)5-12-21(18,19)16-6-7-17-8-10-20-11-9-17/h1-5,12,16H,6-11H2/b12-5-. The summed E-state index contributed by atoms with van der Waals surface area (Å²) < 4.78 is 31.5. The fraction of sp³-hybridized carbons (Fsp3) is 0.429. The molecule has 0 atom stereocenters. The van der Waals surface area contributed by atoms with Gasteiger partial charge in [-0.25, -0.2) is 13.1 Å². The molecule has 0 saturated carbocycles. The van der Waals surface area contributed by atoms with Crippen LogP contribution in [0.4, 0.5) is 0 Å². The maximum Gasteiger partial charge on any atom is 0.233 e. The van der Waals surface area contributed by atoms with Gasteiger partial charge in [-0.2, -0.15) is 0 Å². The van der Waals surface area contributed by atoms with E-state index >= 15 is 0 Å². The Bertz CT molecular complexity index is 566. The zero-order chi connectivity index (χ0) is 15.1. The molecule has 5 nitrogen and oxygen atoms in total. The Morgan fingerprint density at radius 3 is 2.57 bits per heavy atom. The first-order chi connectivity index (χ1) is 10.1. The van der Waals surface area contributed by atoms with Gasteiger partial charge in [0, 0.05) is 36.6 Å². The molecule has 2 rings (SSSR count). The molecule has 0 aliphatic carbocycles. The van der Waals surface area contributed by atoms with Gasteiger partial charge in [-0.05, 0) is 23.8 Å². The van der Waals surface area contributed by atoms with Crippen molar-refractivity contribution in [1.29, 1.82) is 0 Å². The van der Waals surface area contributed by atoms with Gasteiger partial charge in [-0.3, -0.25) is 4.90 Å². The van der Waals surface area contributed by atoms with E-state index in [0.717, 1.165) is 18.7 Å². The van der Waals surface area contributed by atoms with Gasteiger partial charge >= 0.3 is 0 Å². The summed E-state index contributed by atoms with van der Waals surface area (Å²) in [6.45, 7) is 4.21. The second-order valence-corrected chi connectivity index (χ2v) is 6.83.